The Balaban J connectivity index is 0.000000127. The van der Waals surface area contributed by atoms with Crippen LogP contribution >= 0.6 is 27.3 Å². The summed E-state index contributed by atoms with van der Waals surface area (Å²) in [6, 6.07) is 7.85. The van der Waals surface area contributed by atoms with Gasteiger partial charge in [0.05, 0.1) is 0 Å². The molecule has 0 radical (unpaired) electrons. The van der Waals surface area contributed by atoms with Gasteiger partial charge in [-0.25, -0.2) is 0 Å². The van der Waals surface area contributed by atoms with E-state index in [2.05, 4.69) is 20.9 Å². The van der Waals surface area contributed by atoms with Crippen LogP contribution in [0, 0.1) is 0 Å². The van der Waals surface area contributed by atoms with E-state index in [1.165, 1.54) is 0 Å². The van der Waals surface area contributed by atoms with Crippen molar-refractivity contribution in [1.29, 1.82) is 0 Å². The molecule has 2 aromatic rings. The van der Waals surface area contributed by atoms with Gasteiger partial charge in [0.2, 0.25) is 0 Å². The lowest BCUT2D eigenvalue weighted by Gasteiger charge is -1.80. The quantitative estimate of drug-likeness (QED) is 0.687. The minimum atomic E-state index is 1.02. The average Bonchev–Trinajstić information content (AvgIpc) is 2.62. The van der Waals surface area contributed by atoms with Gasteiger partial charge in [0.1, 0.15) is 0 Å². The molecule has 0 saturated heterocycles. The topological polar surface area (TPSA) is 12.9 Å². The molecule has 0 aliphatic heterocycles. The lowest BCUT2D eigenvalue weighted by Crippen LogP contribution is -1.64. The summed E-state index contributed by atoms with van der Waals surface area (Å²) in [4.78, 5) is 3.84. The highest BCUT2D eigenvalue weighted by Gasteiger charge is 1.75. The predicted octanol–water partition coefficient (Wildman–Crippen LogP) is 3.59. The van der Waals surface area contributed by atoms with Gasteiger partial charge in [-0.1, -0.05) is 12.1 Å². The number of thiophene rings is 1. The van der Waals surface area contributed by atoms with Gasteiger partial charge >= 0.3 is 0 Å². The molecule has 0 saturated carbocycles. The zero-order valence-corrected chi connectivity index (χ0v) is 8.75. The number of pyridine rings is 1. The number of hydrogen-bond acceptors (Lipinski definition) is 2. The summed E-state index contributed by atoms with van der Waals surface area (Å²) in [7, 11) is 0. The van der Waals surface area contributed by atoms with E-state index in [4.69, 9.17) is 0 Å². The molecule has 62 valence electrons. The van der Waals surface area contributed by atoms with Crippen LogP contribution < -0.4 is 0 Å². The van der Waals surface area contributed by atoms with Gasteiger partial charge in [0.25, 0.3) is 0 Å². The van der Waals surface area contributed by atoms with Gasteiger partial charge in [-0.15, -0.1) is 0 Å². The summed E-state index contributed by atoms with van der Waals surface area (Å²) in [5.74, 6) is 0. The maximum atomic E-state index is 3.84. The van der Waals surface area contributed by atoms with Crippen LogP contribution in [-0.2, 0) is 0 Å². The van der Waals surface area contributed by atoms with E-state index in [1.54, 1.807) is 23.7 Å². The molecule has 0 aromatic carbocycles. The van der Waals surface area contributed by atoms with Crippen LogP contribution in [0.3, 0.4) is 0 Å². The molecule has 0 spiro atoms. The predicted molar refractivity (Wildman–Crippen MR) is 56.3 cm³/mol. The fourth-order valence-corrected chi connectivity index (χ4v) is 1.29. The number of nitrogens with zero attached hydrogens (tertiary/aromatic N) is 1. The molecule has 0 atom stereocenters. The first kappa shape index (κ1) is 9.42. The molecular formula is C9H8BrNS. The van der Waals surface area contributed by atoms with Crippen molar-refractivity contribution in [2.24, 2.45) is 0 Å². The van der Waals surface area contributed by atoms with Crippen molar-refractivity contribution in [2.45, 2.75) is 0 Å². The summed E-state index contributed by atoms with van der Waals surface area (Å²) in [6.45, 7) is 0. The largest absolute Gasteiger partial charge is 0.264 e. The highest BCUT2D eigenvalue weighted by Crippen LogP contribution is 2.02. The van der Waals surface area contributed by atoms with Crippen LogP contribution in [0.25, 0.3) is 0 Å². The van der Waals surface area contributed by atoms with Crippen LogP contribution in [0.15, 0.2) is 51.9 Å². The summed E-state index contributed by atoms with van der Waals surface area (Å²) >= 11 is 4.96. The third-order valence-corrected chi connectivity index (χ3v) is 2.15. The first-order valence-corrected chi connectivity index (χ1v) is 5.16. The summed E-state index contributed by atoms with van der Waals surface area (Å²) < 4.78 is 1.02. The monoisotopic (exact) mass is 241 g/mol. The van der Waals surface area contributed by atoms with Crippen molar-refractivity contribution in [3.8, 4) is 0 Å². The van der Waals surface area contributed by atoms with Gasteiger partial charge in [-0.05, 0) is 38.8 Å². The van der Waals surface area contributed by atoms with Crippen LogP contribution in [-0.4, -0.2) is 4.98 Å². The van der Waals surface area contributed by atoms with E-state index in [1.807, 2.05) is 35.0 Å². The molecule has 12 heavy (non-hydrogen) atoms. The minimum Gasteiger partial charge on any atom is -0.264 e. The number of rotatable bonds is 0. The Kier molecular flexibility index (Phi) is 4.64. The lowest BCUT2D eigenvalue weighted by molar-refractivity contribution is 1.31. The first-order valence-electron chi connectivity index (χ1n) is 3.42. The Morgan fingerprint density at radius 1 is 1.17 bits per heavy atom. The zero-order chi connectivity index (χ0) is 8.65. The van der Waals surface area contributed by atoms with Gasteiger partial charge in [0.15, 0.2) is 0 Å². The van der Waals surface area contributed by atoms with Gasteiger partial charge < -0.3 is 0 Å². The highest BCUT2D eigenvalue weighted by atomic mass is 79.9. The average molecular weight is 242 g/mol. The fraction of sp³-hybridized carbons (Fsp3) is 0. The fourth-order valence-electron chi connectivity index (χ4n) is 0.569. The summed E-state index contributed by atoms with van der Waals surface area (Å²) in [6.07, 6.45) is 3.49. The molecule has 2 rings (SSSR count). The Labute approximate surface area is 84.2 Å². The molecule has 1 nitrogen and oxygen atoms in total. The Morgan fingerprint density at radius 3 is 2.17 bits per heavy atom. The Bertz CT molecular complexity index is 263. The van der Waals surface area contributed by atoms with E-state index in [0.717, 1.165) is 4.47 Å². The van der Waals surface area contributed by atoms with E-state index < -0.39 is 0 Å². The molecule has 2 aromatic heterocycles. The SMILES string of the molecule is Brc1cccnc1.c1ccsc1. The zero-order valence-electron chi connectivity index (χ0n) is 6.35. The van der Waals surface area contributed by atoms with Gasteiger partial charge in [-0.3, -0.25) is 4.98 Å². The molecule has 3 heteroatoms. The van der Waals surface area contributed by atoms with Crippen molar-refractivity contribution >= 4 is 27.3 Å². The van der Waals surface area contributed by atoms with Crippen LogP contribution in [0.1, 0.15) is 0 Å². The minimum absolute atomic E-state index is 1.02. The second-order valence-corrected chi connectivity index (χ2v) is 3.70. The second-order valence-electron chi connectivity index (χ2n) is 1.96. The van der Waals surface area contributed by atoms with Crippen molar-refractivity contribution in [3.63, 3.8) is 0 Å². The molecule has 0 unspecified atom stereocenters. The Hall–Kier alpha value is -0.670. The molecule has 2 heterocycles. The molecule has 0 fully saturated rings. The number of hydrogen-bond donors (Lipinski definition) is 0. The van der Waals surface area contributed by atoms with E-state index >= 15 is 0 Å². The van der Waals surface area contributed by atoms with E-state index in [0.29, 0.717) is 0 Å². The van der Waals surface area contributed by atoms with E-state index in [-0.39, 0.29) is 0 Å². The maximum absolute atomic E-state index is 3.84. The molecule has 0 bridgehead atoms. The molecule has 0 N–H and O–H groups in total. The normalized spacial score (nSPS) is 8.42. The van der Waals surface area contributed by atoms with Crippen LogP contribution in [0.4, 0.5) is 0 Å². The van der Waals surface area contributed by atoms with Crippen molar-refractivity contribution < 1.29 is 0 Å². The highest BCUT2D eigenvalue weighted by molar-refractivity contribution is 9.10. The first-order chi connectivity index (χ1) is 5.89. The smallest absolute Gasteiger partial charge is 0.0410 e. The van der Waals surface area contributed by atoms with Crippen molar-refractivity contribution in [2.75, 3.05) is 0 Å². The van der Waals surface area contributed by atoms with Crippen LogP contribution in [0.5, 0.6) is 0 Å². The number of halogens is 1. The third-order valence-electron chi connectivity index (χ3n) is 1.05. The second kappa shape index (κ2) is 5.91. The third kappa shape index (κ3) is 4.26. The summed E-state index contributed by atoms with van der Waals surface area (Å²) in [5.41, 5.74) is 0. The maximum Gasteiger partial charge on any atom is 0.0410 e. The molecule has 0 aliphatic carbocycles. The number of aromatic nitrogens is 1. The van der Waals surface area contributed by atoms with Crippen molar-refractivity contribution in [1.82, 2.24) is 4.98 Å². The van der Waals surface area contributed by atoms with Gasteiger partial charge in [0, 0.05) is 16.9 Å². The van der Waals surface area contributed by atoms with Crippen molar-refractivity contribution in [3.05, 3.63) is 51.9 Å². The lowest BCUT2D eigenvalue weighted by atomic mass is 10.5. The Morgan fingerprint density at radius 2 is 1.92 bits per heavy atom. The standard InChI is InChI=1S/C5H4BrN.C4H4S/c6-5-2-1-3-7-4-5;1-2-4-5-3-1/h1-4H;1-4H. The van der Waals surface area contributed by atoms with E-state index in [9.17, 15) is 0 Å². The molecule has 0 aliphatic rings. The van der Waals surface area contributed by atoms with Gasteiger partial charge in [-0.2, -0.15) is 11.3 Å². The molecule has 0 amide bonds. The van der Waals surface area contributed by atoms with Crippen LogP contribution in [0.2, 0.25) is 0 Å². The summed E-state index contributed by atoms with van der Waals surface area (Å²) in [5, 5.41) is 4.08. The molecular weight excluding hydrogens is 234 g/mol.